The fraction of sp³-hybridized carbons (Fsp3) is 0.243. The minimum absolute atomic E-state index is 0.234. The van der Waals surface area contributed by atoms with Crippen molar-refractivity contribution in [1.29, 1.82) is 0 Å². The van der Waals surface area contributed by atoms with Crippen molar-refractivity contribution >= 4 is 31.9 Å². The maximum atomic E-state index is 13.8. The summed E-state index contributed by atoms with van der Waals surface area (Å²) >= 11 is 0. The van der Waals surface area contributed by atoms with Gasteiger partial charge in [-0.2, -0.15) is 0 Å². The number of rotatable bonds is 16. The minimum atomic E-state index is -3.77. The normalized spacial score (nSPS) is 11.3. The van der Waals surface area contributed by atoms with Crippen LogP contribution in [0.25, 0.3) is 24.3 Å². The Hall–Kier alpha value is -5.41. The Labute approximate surface area is 287 Å². The summed E-state index contributed by atoms with van der Waals surface area (Å²) in [4.78, 5) is 0. The van der Waals surface area contributed by atoms with Crippen LogP contribution in [-0.2, 0) is 4.57 Å². The smallest absolute Gasteiger partial charge is 0.427 e. The summed E-state index contributed by atoms with van der Waals surface area (Å²) in [5.41, 5.74) is 3.12. The van der Waals surface area contributed by atoms with E-state index in [2.05, 4.69) is 0 Å². The van der Waals surface area contributed by atoms with E-state index in [0.717, 1.165) is 22.3 Å². The van der Waals surface area contributed by atoms with Crippen molar-refractivity contribution in [2.75, 3.05) is 63.5 Å². The molecule has 0 aliphatic carbocycles. The van der Waals surface area contributed by atoms with E-state index in [1.807, 2.05) is 60.7 Å². The standard InChI is InChI=1S/C37H41O11P/c1-39-28-16-14-24(10-12-26-20-32(41-3)36(45-7)33(21-26)42-4)18-30(28)47-49(9,38)48-31-19-25(15-17-29(31)40-2)11-13-27-22-34(43-5)37(46-8)35(23-27)44-6/h10-23H,1-9H3/b12-10-,13-11-. The first-order valence-corrected chi connectivity index (χ1v) is 16.9. The Balaban J connectivity index is 1.58. The van der Waals surface area contributed by atoms with Crippen LogP contribution in [0.5, 0.6) is 57.5 Å². The number of hydrogen-bond donors (Lipinski definition) is 0. The van der Waals surface area contributed by atoms with Crippen LogP contribution in [0, 0.1) is 0 Å². The van der Waals surface area contributed by atoms with E-state index in [9.17, 15) is 4.57 Å². The van der Waals surface area contributed by atoms with Gasteiger partial charge in [0.15, 0.2) is 46.0 Å². The fourth-order valence-electron chi connectivity index (χ4n) is 4.89. The van der Waals surface area contributed by atoms with Crippen molar-refractivity contribution in [3.05, 3.63) is 82.9 Å². The highest BCUT2D eigenvalue weighted by atomic mass is 31.2. The van der Waals surface area contributed by atoms with Crippen LogP contribution in [0.4, 0.5) is 0 Å². The molecule has 0 atom stereocenters. The van der Waals surface area contributed by atoms with Gasteiger partial charge < -0.3 is 46.9 Å². The molecule has 12 heteroatoms. The molecule has 4 rings (SSSR count). The van der Waals surface area contributed by atoms with Gasteiger partial charge in [-0.1, -0.05) is 36.4 Å². The molecule has 0 aliphatic rings. The molecule has 0 aliphatic heterocycles. The number of hydrogen-bond acceptors (Lipinski definition) is 11. The topological polar surface area (TPSA) is 109 Å². The maximum Gasteiger partial charge on any atom is 0.427 e. The van der Waals surface area contributed by atoms with Crippen molar-refractivity contribution in [2.45, 2.75) is 0 Å². The molecule has 11 nitrogen and oxygen atoms in total. The van der Waals surface area contributed by atoms with Crippen molar-refractivity contribution < 1.29 is 51.5 Å². The van der Waals surface area contributed by atoms with Gasteiger partial charge in [-0.25, -0.2) is 4.57 Å². The van der Waals surface area contributed by atoms with Crippen molar-refractivity contribution in [2.24, 2.45) is 0 Å². The van der Waals surface area contributed by atoms with Crippen molar-refractivity contribution in [1.82, 2.24) is 0 Å². The van der Waals surface area contributed by atoms with Crippen LogP contribution in [0.15, 0.2) is 60.7 Å². The molecule has 0 radical (unpaired) electrons. The first kappa shape index (κ1) is 36.4. The number of ether oxygens (including phenoxy) is 8. The molecule has 0 fully saturated rings. The predicted octanol–water partition coefficient (Wildman–Crippen LogP) is 8.38. The van der Waals surface area contributed by atoms with Crippen LogP contribution < -0.4 is 46.9 Å². The highest BCUT2D eigenvalue weighted by molar-refractivity contribution is 7.53. The predicted molar refractivity (Wildman–Crippen MR) is 191 cm³/mol. The third-order valence-corrected chi connectivity index (χ3v) is 8.27. The first-order chi connectivity index (χ1) is 23.6. The van der Waals surface area contributed by atoms with E-state index < -0.39 is 7.60 Å². The average molecular weight is 693 g/mol. The molecule has 0 N–H and O–H groups in total. The summed E-state index contributed by atoms with van der Waals surface area (Å²) in [5.74, 6) is 4.34. The molecule has 4 aromatic carbocycles. The van der Waals surface area contributed by atoms with E-state index in [4.69, 9.17) is 46.9 Å². The molecule has 0 aromatic heterocycles. The van der Waals surface area contributed by atoms with E-state index in [1.165, 1.54) is 20.9 Å². The quantitative estimate of drug-likeness (QED) is 0.0835. The third-order valence-electron chi connectivity index (χ3n) is 7.21. The molecule has 49 heavy (non-hydrogen) atoms. The highest BCUT2D eigenvalue weighted by Gasteiger charge is 2.25. The van der Waals surface area contributed by atoms with Gasteiger partial charge in [0.25, 0.3) is 0 Å². The monoisotopic (exact) mass is 692 g/mol. The Morgan fingerprint density at radius 2 is 0.673 bits per heavy atom. The second kappa shape index (κ2) is 16.6. The molecule has 4 aromatic rings. The highest BCUT2D eigenvalue weighted by Crippen LogP contribution is 2.50. The summed E-state index contributed by atoms with van der Waals surface area (Å²) < 4.78 is 69.4. The van der Waals surface area contributed by atoms with Gasteiger partial charge in [-0.05, 0) is 70.8 Å². The summed E-state index contributed by atoms with van der Waals surface area (Å²) in [7, 11) is 8.57. The molecular formula is C37H41O11P. The Kier molecular flexibility index (Phi) is 12.4. The lowest BCUT2D eigenvalue weighted by atomic mass is 10.1. The van der Waals surface area contributed by atoms with E-state index in [-0.39, 0.29) is 11.5 Å². The van der Waals surface area contributed by atoms with Crippen LogP contribution in [0.2, 0.25) is 0 Å². The Bertz CT molecular complexity index is 1680. The Morgan fingerprint density at radius 1 is 0.388 bits per heavy atom. The molecular weight excluding hydrogens is 651 g/mol. The zero-order valence-corrected chi connectivity index (χ0v) is 29.9. The van der Waals surface area contributed by atoms with Crippen molar-refractivity contribution in [3.63, 3.8) is 0 Å². The SMILES string of the molecule is COc1ccc(/C=C\c2cc(OC)c(OC)c(OC)c2)cc1OP(C)(=O)Oc1cc(/C=C\c2cc(OC)c(OC)c(OC)c2)ccc1OC. The van der Waals surface area contributed by atoms with Crippen molar-refractivity contribution in [3.8, 4) is 57.5 Å². The second-order valence-electron chi connectivity index (χ2n) is 10.4. The maximum absolute atomic E-state index is 13.8. The molecule has 0 spiro atoms. The molecule has 0 saturated heterocycles. The van der Waals surface area contributed by atoms with E-state index >= 15 is 0 Å². The first-order valence-electron chi connectivity index (χ1n) is 14.9. The van der Waals surface area contributed by atoms with Gasteiger partial charge in [-0.3, -0.25) is 0 Å². The van der Waals surface area contributed by atoms with Gasteiger partial charge in [0.2, 0.25) is 11.5 Å². The van der Waals surface area contributed by atoms with Gasteiger partial charge in [0.1, 0.15) is 0 Å². The van der Waals surface area contributed by atoms with Crippen LogP contribution in [0.1, 0.15) is 22.3 Å². The van der Waals surface area contributed by atoms with Gasteiger partial charge >= 0.3 is 7.60 Å². The molecule has 0 amide bonds. The van der Waals surface area contributed by atoms with E-state index in [0.29, 0.717) is 46.0 Å². The molecule has 260 valence electrons. The lowest BCUT2D eigenvalue weighted by Gasteiger charge is -2.19. The summed E-state index contributed by atoms with van der Waals surface area (Å²) in [6.07, 6.45) is 7.47. The summed E-state index contributed by atoms with van der Waals surface area (Å²) in [6.45, 7) is 1.38. The van der Waals surface area contributed by atoms with Gasteiger partial charge in [-0.15, -0.1) is 0 Å². The number of benzene rings is 4. The molecule has 0 heterocycles. The molecule has 0 saturated carbocycles. The minimum Gasteiger partial charge on any atom is -0.493 e. The summed E-state index contributed by atoms with van der Waals surface area (Å²) in [5, 5.41) is 0. The lowest BCUT2D eigenvalue weighted by Crippen LogP contribution is -2.02. The molecule has 0 bridgehead atoms. The molecule has 0 unspecified atom stereocenters. The zero-order chi connectivity index (χ0) is 35.6. The fourth-order valence-corrected chi connectivity index (χ4v) is 5.93. The number of methoxy groups -OCH3 is 8. The van der Waals surface area contributed by atoms with E-state index in [1.54, 1.807) is 66.9 Å². The largest absolute Gasteiger partial charge is 0.493 e. The van der Waals surface area contributed by atoms with Gasteiger partial charge in [0.05, 0.1) is 63.5 Å². The van der Waals surface area contributed by atoms with Crippen LogP contribution >= 0.6 is 7.60 Å². The summed E-state index contributed by atoms with van der Waals surface area (Å²) in [6, 6.07) is 17.9. The third kappa shape index (κ3) is 8.94. The van der Waals surface area contributed by atoms with Crippen LogP contribution in [-0.4, -0.2) is 63.5 Å². The second-order valence-corrected chi connectivity index (χ2v) is 12.3. The van der Waals surface area contributed by atoms with Gasteiger partial charge in [0, 0.05) is 0 Å². The van der Waals surface area contributed by atoms with Crippen LogP contribution in [0.3, 0.4) is 0 Å². The Morgan fingerprint density at radius 3 is 0.959 bits per heavy atom. The lowest BCUT2D eigenvalue weighted by molar-refractivity contribution is 0.324. The average Bonchev–Trinajstić information content (AvgIpc) is 3.11. The zero-order valence-electron chi connectivity index (χ0n) is 29.0.